The van der Waals surface area contributed by atoms with Crippen LogP contribution in [0.15, 0.2) is 24.3 Å². The van der Waals surface area contributed by atoms with Crippen molar-refractivity contribution in [2.75, 3.05) is 13.2 Å². The molecule has 0 saturated carbocycles. The van der Waals surface area contributed by atoms with Crippen LogP contribution in [0.25, 0.3) is 0 Å². The molecule has 8 heteroatoms. The molecule has 1 heterocycles. The van der Waals surface area contributed by atoms with E-state index < -0.39 is 29.3 Å². The third-order valence-electron chi connectivity index (χ3n) is 3.79. The highest BCUT2D eigenvalue weighted by atomic mass is 19.4. The summed E-state index contributed by atoms with van der Waals surface area (Å²) in [6.07, 6.45) is -4.62. The molecule has 1 aliphatic rings. The van der Waals surface area contributed by atoms with E-state index in [1.54, 1.807) is 0 Å². The van der Waals surface area contributed by atoms with E-state index in [-0.39, 0.29) is 5.75 Å². The Morgan fingerprint density at radius 2 is 1.92 bits per heavy atom. The maximum Gasteiger partial charge on any atom is 0.416 e. The number of rotatable bonds is 4. The number of halogens is 3. The molecule has 1 amide bonds. The number of benzene rings is 1. The Kier molecular flexibility index (Phi) is 5.34. The van der Waals surface area contributed by atoms with Crippen LogP contribution >= 0.6 is 0 Å². The van der Waals surface area contributed by atoms with Crippen LogP contribution in [0.1, 0.15) is 25.3 Å². The minimum absolute atomic E-state index is 0.142. The number of alkyl halides is 3. The molecule has 0 radical (unpaired) electrons. The molecular formula is C16H17F3N2O3. The molecule has 1 aliphatic heterocycles. The molecule has 1 aromatic rings. The summed E-state index contributed by atoms with van der Waals surface area (Å²) < 4.78 is 48.1. The summed E-state index contributed by atoms with van der Waals surface area (Å²) in [4.78, 5) is 12.2. The van der Waals surface area contributed by atoms with Crippen LogP contribution in [0.2, 0.25) is 0 Å². The van der Waals surface area contributed by atoms with Crippen LogP contribution in [-0.4, -0.2) is 30.8 Å². The highest BCUT2D eigenvalue weighted by molar-refractivity contribution is 5.82. The van der Waals surface area contributed by atoms with Gasteiger partial charge in [0.25, 0.3) is 5.91 Å². The lowest BCUT2D eigenvalue weighted by Gasteiger charge is -2.32. The topological polar surface area (TPSA) is 71.3 Å². The van der Waals surface area contributed by atoms with Crippen molar-refractivity contribution in [2.24, 2.45) is 0 Å². The number of amides is 1. The molecular weight excluding hydrogens is 325 g/mol. The summed E-state index contributed by atoms with van der Waals surface area (Å²) in [6, 6.07) is 6.17. The number of nitriles is 1. The first kappa shape index (κ1) is 18.1. The molecule has 24 heavy (non-hydrogen) atoms. The molecule has 0 aromatic heterocycles. The monoisotopic (exact) mass is 342 g/mol. The third kappa shape index (κ3) is 4.38. The largest absolute Gasteiger partial charge is 0.481 e. The van der Waals surface area contributed by atoms with Gasteiger partial charge in [0.05, 0.1) is 11.6 Å². The van der Waals surface area contributed by atoms with Crippen LogP contribution in [0.3, 0.4) is 0 Å². The molecule has 0 aliphatic carbocycles. The summed E-state index contributed by atoms with van der Waals surface area (Å²) in [5, 5.41) is 12.0. The van der Waals surface area contributed by atoms with Gasteiger partial charge in [0.2, 0.25) is 0 Å². The Morgan fingerprint density at radius 3 is 2.42 bits per heavy atom. The SMILES string of the molecule is CC(Oc1ccc(C(F)(F)F)cc1)C(=O)NC1(C#N)CCOCC1. The Labute approximate surface area is 137 Å². The molecule has 130 valence electrons. The van der Waals surface area contributed by atoms with Gasteiger partial charge < -0.3 is 14.8 Å². The number of nitrogens with zero attached hydrogens (tertiary/aromatic N) is 1. The average Bonchev–Trinajstić information content (AvgIpc) is 2.55. The lowest BCUT2D eigenvalue weighted by Crippen LogP contribution is -2.54. The minimum Gasteiger partial charge on any atom is -0.481 e. The van der Waals surface area contributed by atoms with Crippen molar-refractivity contribution >= 4 is 5.91 Å². The zero-order chi connectivity index (χ0) is 17.8. The molecule has 1 fully saturated rings. The van der Waals surface area contributed by atoms with E-state index in [1.807, 2.05) is 0 Å². The number of carbonyl (C=O) groups excluding carboxylic acids is 1. The van der Waals surface area contributed by atoms with Gasteiger partial charge in [0.15, 0.2) is 6.10 Å². The molecule has 1 unspecified atom stereocenters. The second-order valence-electron chi connectivity index (χ2n) is 5.58. The van der Waals surface area contributed by atoms with Crippen molar-refractivity contribution in [3.63, 3.8) is 0 Å². The zero-order valence-corrected chi connectivity index (χ0v) is 13.0. The second-order valence-corrected chi connectivity index (χ2v) is 5.58. The fourth-order valence-corrected chi connectivity index (χ4v) is 2.30. The van der Waals surface area contributed by atoms with Crippen molar-refractivity contribution in [1.29, 1.82) is 5.26 Å². The molecule has 1 atom stereocenters. The minimum atomic E-state index is -4.43. The van der Waals surface area contributed by atoms with Crippen molar-refractivity contribution in [3.8, 4) is 11.8 Å². The Morgan fingerprint density at radius 1 is 1.33 bits per heavy atom. The number of nitrogens with one attached hydrogen (secondary N) is 1. The summed E-state index contributed by atoms with van der Waals surface area (Å²) in [5.41, 5.74) is -1.79. The van der Waals surface area contributed by atoms with Crippen LogP contribution in [0, 0.1) is 11.3 Å². The fraction of sp³-hybridized carbons (Fsp3) is 0.500. The third-order valence-corrected chi connectivity index (χ3v) is 3.79. The smallest absolute Gasteiger partial charge is 0.416 e. The van der Waals surface area contributed by atoms with Crippen molar-refractivity contribution in [2.45, 2.75) is 37.6 Å². The van der Waals surface area contributed by atoms with Gasteiger partial charge in [-0.3, -0.25) is 4.79 Å². The predicted molar refractivity (Wildman–Crippen MR) is 78.1 cm³/mol. The maximum atomic E-state index is 12.5. The lowest BCUT2D eigenvalue weighted by molar-refractivity contribution is -0.137. The van der Waals surface area contributed by atoms with E-state index >= 15 is 0 Å². The Balaban J connectivity index is 1.97. The van der Waals surface area contributed by atoms with Gasteiger partial charge in [0, 0.05) is 26.1 Å². The first-order valence-corrected chi connectivity index (χ1v) is 7.41. The molecule has 0 spiro atoms. The van der Waals surface area contributed by atoms with Crippen LogP contribution in [0.4, 0.5) is 13.2 Å². The Bertz CT molecular complexity index is 617. The van der Waals surface area contributed by atoms with Crippen LogP contribution in [-0.2, 0) is 15.7 Å². The summed E-state index contributed by atoms with van der Waals surface area (Å²) in [6.45, 7) is 2.22. The normalized spacial score (nSPS) is 18.3. The van der Waals surface area contributed by atoms with E-state index in [9.17, 15) is 23.2 Å². The highest BCUT2D eigenvalue weighted by Gasteiger charge is 2.36. The second kappa shape index (κ2) is 7.09. The van der Waals surface area contributed by atoms with E-state index in [1.165, 1.54) is 6.92 Å². The number of carbonyl (C=O) groups is 1. The zero-order valence-electron chi connectivity index (χ0n) is 13.0. The summed E-state index contributed by atoms with van der Waals surface area (Å²) >= 11 is 0. The van der Waals surface area contributed by atoms with Crippen LogP contribution in [0.5, 0.6) is 5.75 Å². The summed E-state index contributed by atoms with van der Waals surface area (Å²) in [5.74, 6) is -0.359. The van der Waals surface area contributed by atoms with Gasteiger partial charge in [0.1, 0.15) is 11.3 Å². The van der Waals surface area contributed by atoms with Gasteiger partial charge in [-0.2, -0.15) is 18.4 Å². The first-order chi connectivity index (χ1) is 11.3. The number of hydrogen-bond acceptors (Lipinski definition) is 4. The number of ether oxygens (including phenoxy) is 2. The van der Waals surface area contributed by atoms with Crippen molar-refractivity contribution in [1.82, 2.24) is 5.32 Å². The van der Waals surface area contributed by atoms with Crippen molar-refractivity contribution < 1.29 is 27.4 Å². The molecule has 0 bridgehead atoms. The lowest BCUT2D eigenvalue weighted by atomic mass is 9.91. The van der Waals surface area contributed by atoms with Gasteiger partial charge in [-0.15, -0.1) is 0 Å². The Hall–Kier alpha value is -2.27. The highest BCUT2D eigenvalue weighted by Crippen LogP contribution is 2.30. The van der Waals surface area contributed by atoms with E-state index in [0.717, 1.165) is 24.3 Å². The molecule has 2 rings (SSSR count). The van der Waals surface area contributed by atoms with Gasteiger partial charge in [-0.25, -0.2) is 0 Å². The van der Waals surface area contributed by atoms with Gasteiger partial charge in [-0.05, 0) is 31.2 Å². The average molecular weight is 342 g/mol. The maximum absolute atomic E-state index is 12.5. The van der Waals surface area contributed by atoms with Gasteiger partial charge >= 0.3 is 6.18 Å². The molecule has 5 nitrogen and oxygen atoms in total. The van der Waals surface area contributed by atoms with Crippen LogP contribution < -0.4 is 10.1 Å². The standard InChI is InChI=1S/C16H17F3N2O3/c1-11(14(22)21-15(10-20)6-8-23-9-7-15)24-13-4-2-12(3-5-13)16(17,18)19/h2-5,11H,6-9H2,1H3,(H,21,22). The first-order valence-electron chi connectivity index (χ1n) is 7.41. The van der Waals surface area contributed by atoms with E-state index in [2.05, 4.69) is 11.4 Å². The quantitative estimate of drug-likeness (QED) is 0.913. The van der Waals surface area contributed by atoms with Crippen molar-refractivity contribution in [3.05, 3.63) is 29.8 Å². The fourth-order valence-electron chi connectivity index (χ4n) is 2.30. The van der Waals surface area contributed by atoms with E-state index in [0.29, 0.717) is 26.1 Å². The summed E-state index contributed by atoms with van der Waals surface area (Å²) in [7, 11) is 0. The van der Waals surface area contributed by atoms with E-state index in [4.69, 9.17) is 9.47 Å². The molecule has 1 saturated heterocycles. The van der Waals surface area contributed by atoms with Gasteiger partial charge in [-0.1, -0.05) is 0 Å². The predicted octanol–water partition coefficient (Wildman–Crippen LogP) is 2.66. The molecule has 1 N–H and O–H groups in total. The number of hydrogen-bond donors (Lipinski definition) is 1. The molecule has 1 aromatic carbocycles.